The molecule has 1 saturated carbocycles. The monoisotopic (exact) mass is 471 g/mol. The molecule has 0 bridgehead atoms. The van der Waals surface area contributed by atoms with Gasteiger partial charge in [0.15, 0.2) is 0 Å². The summed E-state index contributed by atoms with van der Waals surface area (Å²) in [6, 6.07) is 24.5. The zero-order valence-electron chi connectivity index (χ0n) is 19.2. The van der Waals surface area contributed by atoms with Crippen LogP contribution in [0.15, 0.2) is 78.0 Å². The molecule has 0 amide bonds. The van der Waals surface area contributed by atoms with Gasteiger partial charge in [-0.15, -0.1) is 0 Å². The topological polar surface area (TPSA) is 116 Å². The minimum absolute atomic E-state index is 0.145. The van der Waals surface area contributed by atoms with Gasteiger partial charge in [-0.1, -0.05) is 41.6 Å². The Labute approximate surface area is 203 Å². The third-order valence-electron chi connectivity index (χ3n) is 5.77. The summed E-state index contributed by atoms with van der Waals surface area (Å²) < 4.78 is 11.7. The molecule has 0 saturated heterocycles. The summed E-state index contributed by atoms with van der Waals surface area (Å²) in [5.74, 6) is 6.05. The van der Waals surface area contributed by atoms with Crippen molar-refractivity contribution in [2.75, 3.05) is 13.7 Å². The maximum Gasteiger partial charge on any atom is 0.328 e. The summed E-state index contributed by atoms with van der Waals surface area (Å²) in [6.45, 7) is 0.625. The first-order valence-corrected chi connectivity index (χ1v) is 11.1. The minimum Gasteiger partial charge on any atom is -0.489 e. The van der Waals surface area contributed by atoms with Crippen molar-refractivity contribution in [2.45, 2.75) is 18.9 Å². The van der Waals surface area contributed by atoms with E-state index in [0.717, 1.165) is 28.9 Å². The van der Waals surface area contributed by atoms with E-state index in [1.54, 1.807) is 12.1 Å². The molecule has 0 aromatic heterocycles. The fourth-order valence-corrected chi connectivity index (χ4v) is 3.73. The quantitative estimate of drug-likeness (QED) is 0.350. The molecule has 8 heteroatoms. The van der Waals surface area contributed by atoms with Crippen LogP contribution in [-0.2, 0) is 21.1 Å². The summed E-state index contributed by atoms with van der Waals surface area (Å²) in [6.07, 6.45) is 0.761. The molecule has 35 heavy (non-hydrogen) atoms. The summed E-state index contributed by atoms with van der Waals surface area (Å²) in [5.41, 5.74) is 4.08. The lowest BCUT2D eigenvalue weighted by Crippen LogP contribution is -2.13. The van der Waals surface area contributed by atoms with Gasteiger partial charge in [-0.25, -0.2) is 0 Å². The van der Waals surface area contributed by atoms with E-state index in [-0.39, 0.29) is 24.4 Å². The number of hydrogen-bond acceptors (Lipinski definition) is 8. The number of carbonyl (C=O) groups excluding carboxylic acids is 1. The number of ether oxygens (including phenoxy) is 2. The van der Waals surface area contributed by atoms with Gasteiger partial charge >= 0.3 is 5.97 Å². The molecule has 3 aromatic carbocycles. The summed E-state index contributed by atoms with van der Waals surface area (Å²) in [4.78, 5) is 20.8. The Hall–Kier alpha value is -4.35. The number of rotatable bonds is 10. The van der Waals surface area contributed by atoms with E-state index in [1.165, 1.54) is 7.11 Å². The highest BCUT2D eigenvalue weighted by molar-refractivity contribution is 6.01. The van der Waals surface area contributed by atoms with Crippen LogP contribution in [0.25, 0.3) is 0 Å². The molecule has 178 valence electrons. The van der Waals surface area contributed by atoms with Gasteiger partial charge in [-0.3, -0.25) is 4.79 Å². The molecule has 8 nitrogen and oxygen atoms in total. The first-order valence-electron chi connectivity index (χ1n) is 11.1. The summed E-state index contributed by atoms with van der Waals surface area (Å²) in [7, 11) is 1.48. The predicted molar refractivity (Wildman–Crippen MR) is 129 cm³/mol. The van der Waals surface area contributed by atoms with E-state index < -0.39 is 0 Å². The lowest BCUT2D eigenvalue weighted by Gasteiger charge is -2.10. The van der Waals surface area contributed by atoms with Crippen molar-refractivity contribution in [3.8, 4) is 17.6 Å². The molecule has 1 aliphatic carbocycles. The highest BCUT2D eigenvalue weighted by atomic mass is 16.7. The SMILES string of the molecule is CO/N=C(\COc1ccc(COc2ccc(C3CC3C(=O)ON)cc2)cc1)c1ccc(C#N)cc1. The van der Waals surface area contributed by atoms with E-state index >= 15 is 0 Å². The van der Waals surface area contributed by atoms with Gasteiger partial charge in [-0.05, 0) is 59.9 Å². The fourth-order valence-electron chi connectivity index (χ4n) is 3.73. The van der Waals surface area contributed by atoms with Gasteiger partial charge in [0.25, 0.3) is 0 Å². The Morgan fingerprint density at radius 1 is 1.00 bits per heavy atom. The number of nitrogens with two attached hydrogens (primary N) is 1. The van der Waals surface area contributed by atoms with Gasteiger partial charge < -0.3 is 19.1 Å². The Bertz CT molecular complexity index is 1220. The fraction of sp³-hybridized carbons (Fsp3) is 0.222. The second kappa shape index (κ2) is 11.2. The molecule has 0 heterocycles. The summed E-state index contributed by atoms with van der Waals surface area (Å²) >= 11 is 0. The van der Waals surface area contributed by atoms with E-state index in [1.807, 2.05) is 60.7 Å². The molecule has 4 rings (SSSR count). The lowest BCUT2D eigenvalue weighted by atomic mass is 10.1. The van der Waals surface area contributed by atoms with E-state index in [9.17, 15) is 4.79 Å². The van der Waals surface area contributed by atoms with Crippen molar-refractivity contribution in [1.82, 2.24) is 0 Å². The second-order valence-corrected chi connectivity index (χ2v) is 8.09. The molecule has 1 aliphatic rings. The van der Waals surface area contributed by atoms with Crippen molar-refractivity contribution < 1.29 is 23.9 Å². The van der Waals surface area contributed by atoms with Crippen LogP contribution in [0.2, 0.25) is 0 Å². The van der Waals surface area contributed by atoms with Crippen molar-refractivity contribution >= 4 is 11.7 Å². The molecule has 0 spiro atoms. The first kappa shape index (κ1) is 23.8. The average molecular weight is 472 g/mol. The van der Waals surface area contributed by atoms with Crippen LogP contribution in [0.5, 0.6) is 11.5 Å². The predicted octanol–water partition coefficient (Wildman–Crippen LogP) is 4.09. The Kier molecular flexibility index (Phi) is 7.60. The molecule has 2 atom stereocenters. The van der Waals surface area contributed by atoms with Gasteiger partial charge in [0, 0.05) is 5.56 Å². The second-order valence-electron chi connectivity index (χ2n) is 8.09. The number of carbonyl (C=O) groups is 1. The van der Waals surface area contributed by atoms with Gasteiger partial charge in [0.1, 0.15) is 37.5 Å². The zero-order chi connectivity index (χ0) is 24.6. The molecular weight excluding hydrogens is 446 g/mol. The van der Waals surface area contributed by atoms with Crippen LogP contribution in [0.1, 0.15) is 34.6 Å². The maximum atomic E-state index is 11.5. The van der Waals surface area contributed by atoms with Gasteiger partial charge in [0.05, 0.1) is 17.6 Å². The molecular formula is C27H25N3O5. The molecule has 0 aliphatic heterocycles. The van der Waals surface area contributed by atoms with Crippen LogP contribution in [0.3, 0.4) is 0 Å². The van der Waals surface area contributed by atoms with Crippen LogP contribution in [-0.4, -0.2) is 25.4 Å². The Balaban J connectivity index is 1.27. The maximum absolute atomic E-state index is 11.5. The third kappa shape index (κ3) is 6.16. The van der Waals surface area contributed by atoms with Crippen LogP contribution in [0.4, 0.5) is 0 Å². The standard InChI is InChI=1S/C27H25N3O5/c1-32-30-26(21-6-2-18(15-28)3-7-21)17-34-22-10-4-19(5-11-22)16-33-23-12-8-20(9-13-23)24-14-25(24)27(31)35-29/h2-13,24-25H,14,16-17,29H2,1H3/b30-26+. The highest BCUT2D eigenvalue weighted by Crippen LogP contribution is 2.48. The van der Waals surface area contributed by atoms with E-state index in [4.69, 9.17) is 25.5 Å². The number of nitriles is 1. The van der Waals surface area contributed by atoms with Gasteiger partial charge in [0.2, 0.25) is 0 Å². The number of hydrogen-bond donors (Lipinski definition) is 1. The van der Waals surface area contributed by atoms with Crippen LogP contribution < -0.4 is 15.4 Å². The molecule has 0 radical (unpaired) electrons. The zero-order valence-corrected chi connectivity index (χ0v) is 19.2. The van der Waals surface area contributed by atoms with E-state index in [0.29, 0.717) is 23.6 Å². The molecule has 3 aromatic rings. The summed E-state index contributed by atoms with van der Waals surface area (Å²) in [5, 5.41) is 13.0. The van der Waals surface area contributed by atoms with Crippen molar-refractivity contribution in [3.63, 3.8) is 0 Å². The molecule has 2 N–H and O–H groups in total. The Morgan fingerprint density at radius 2 is 1.66 bits per heavy atom. The van der Waals surface area contributed by atoms with Crippen LogP contribution >= 0.6 is 0 Å². The number of oxime groups is 1. The van der Waals surface area contributed by atoms with Crippen molar-refractivity contribution in [1.29, 1.82) is 5.26 Å². The number of nitrogens with zero attached hydrogens (tertiary/aromatic N) is 2. The van der Waals surface area contributed by atoms with Crippen LogP contribution in [0, 0.1) is 17.2 Å². The smallest absolute Gasteiger partial charge is 0.328 e. The lowest BCUT2D eigenvalue weighted by molar-refractivity contribution is -0.145. The average Bonchev–Trinajstić information content (AvgIpc) is 3.71. The first-order chi connectivity index (χ1) is 17.1. The van der Waals surface area contributed by atoms with Crippen molar-refractivity contribution in [2.24, 2.45) is 17.0 Å². The third-order valence-corrected chi connectivity index (χ3v) is 5.77. The van der Waals surface area contributed by atoms with Gasteiger partial charge in [-0.2, -0.15) is 11.2 Å². The molecule has 2 unspecified atom stereocenters. The Morgan fingerprint density at radius 3 is 2.29 bits per heavy atom. The van der Waals surface area contributed by atoms with E-state index in [2.05, 4.69) is 16.1 Å². The highest BCUT2D eigenvalue weighted by Gasteiger charge is 2.45. The number of benzene rings is 3. The largest absolute Gasteiger partial charge is 0.489 e. The molecule has 1 fully saturated rings. The minimum atomic E-state index is -0.362. The normalized spacial score (nSPS) is 16.7. The van der Waals surface area contributed by atoms with Crippen molar-refractivity contribution in [3.05, 3.63) is 95.1 Å².